The van der Waals surface area contributed by atoms with E-state index in [2.05, 4.69) is 0 Å². The van der Waals surface area contributed by atoms with E-state index in [4.69, 9.17) is 16.7 Å². The van der Waals surface area contributed by atoms with E-state index < -0.39 is 5.06 Å². The topological polar surface area (TPSA) is 20.2 Å². The molecule has 0 aromatic heterocycles. The second-order valence-electron chi connectivity index (χ2n) is 1.81. The Balaban J connectivity index is 2.65. The van der Waals surface area contributed by atoms with E-state index in [0.29, 0.717) is 6.42 Å². The second-order valence-corrected chi connectivity index (χ2v) is 2.46. The number of halogens is 1. The van der Waals surface area contributed by atoms with Crippen LogP contribution in [-0.4, -0.2) is 10.2 Å². The lowest BCUT2D eigenvalue weighted by Crippen LogP contribution is -2.16. The molecule has 1 nitrogen and oxygen atoms in total. The van der Waals surface area contributed by atoms with E-state index in [9.17, 15) is 0 Å². The molecule has 44 valence electrons. The van der Waals surface area contributed by atoms with Gasteiger partial charge < -0.3 is 5.11 Å². The molecule has 8 heavy (non-hydrogen) atoms. The molecule has 1 aliphatic carbocycles. The Kier molecular flexibility index (Phi) is 1.41. The van der Waals surface area contributed by atoms with Crippen molar-refractivity contribution in [1.82, 2.24) is 0 Å². The van der Waals surface area contributed by atoms with Crippen LogP contribution in [0.2, 0.25) is 0 Å². The Labute approximate surface area is 53.3 Å². The molecule has 0 aliphatic heterocycles. The van der Waals surface area contributed by atoms with Crippen molar-refractivity contribution >= 4 is 11.6 Å². The van der Waals surface area contributed by atoms with E-state index in [1.54, 1.807) is 12.2 Å². The molecule has 0 bridgehead atoms. The summed E-state index contributed by atoms with van der Waals surface area (Å²) in [6.45, 7) is 0. The minimum atomic E-state index is -1.12. The lowest BCUT2D eigenvalue weighted by Gasteiger charge is -2.14. The maximum atomic E-state index is 9.00. The van der Waals surface area contributed by atoms with Gasteiger partial charge in [0.2, 0.25) is 0 Å². The third-order valence-electron chi connectivity index (χ3n) is 1.00. The number of hydrogen-bond donors (Lipinski definition) is 1. The maximum Gasteiger partial charge on any atom is 0.161 e. The lowest BCUT2D eigenvalue weighted by atomic mass is 10.1. The van der Waals surface area contributed by atoms with Gasteiger partial charge in [0.15, 0.2) is 5.06 Å². The van der Waals surface area contributed by atoms with Crippen LogP contribution < -0.4 is 0 Å². The zero-order valence-corrected chi connectivity index (χ0v) is 5.10. The molecule has 1 aliphatic rings. The van der Waals surface area contributed by atoms with Crippen LogP contribution in [0, 0.1) is 0 Å². The summed E-state index contributed by atoms with van der Waals surface area (Å²) < 4.78 is 0. The molecule has 0 saturated heterocycles. The molecule has 0 fully saturated rings. The smallest absolute Gasteiger partial charge is 0.161 e. The van der Waals surface area contributed by atoms with Crippen molar-refractivity contribution in [3.8, 4) is 0 Å². The molecule has 1 rings (SSSR count). The van der Waals surface area contributed by atoms with Gasteiger partial charge in [-0.2, -0.15) is 0 Å². The fraction of sp³-hybridized carbons (Fsp3) is 0.333. The van der Waals surface area contributed by atoms with E-state index in [-0.39, 0.29) is 0 Å². The molecule has 1 N–H and O–H groups in total. The van der Waals surface area contributed by atoms with Crippen LogP contribution in [0.5, 0.6) is 0 Å². The first kappa shape index (κ1) is 5.86. The summed E-state index contributed by atoms with van der Waals surface area (Å²) in [6.07, 6.45) is 7.49. The lowest BCUT2D eigenvalue weighted by molar-refractivity contribution is 0.182. The highest BCUT2D eigenvalue weighted by Gasteiger charge is 2.17. The first-order valence-corrected chi connectivity index (χ1v) is 2.84. The summed E-state index contributed by atoms with van der Waals surface area (Å²) in [5, 5.41) is 7.89. The predicted octanol–water partition coefficient (Wildman–Crippen LogP) is 1.43. The zero-order valence-electron chi connectivity index (χ0n) is 4.34. The summed E-state index contributed by atoms with van der Waals surface area (Å²) in [5.74, 6) is 0. The molecule has 0 amide bonds. The molecule has 0 aromatic rings. The van der Waals surface area contributed by atoms with Crippen LogP contribution in [0.3, 0.4) is 0 Å². The Morgan fingerprint density at radius 3 is 2.50 bits per heavy atom. The van der Waals surface area contributed by atoms with Crippen LogP contribution in [-0.2, 0) is 0 Å². The number of allylic oxidation sites excluding steroid dienone is 2. The van der Waals surface area contributed by atoms with Crippen molar-refractivity contribution in [3.63, 3.8) is 0 Å². The standard InChI is InChI=1S/C6H7ClO/c7-6(8)4-2-1-3-5-6/h1-4,8H,5H2/t6-/m1/s1. The number of rotatable bonds is 0. The Hall–Kier alpha value is -0.270. The zero-order chi connectivity index (χ0) is 6.04. The number of alkyl halides is 1. The summed E-state index contributed by atoms with van der Waals surface area (Å²) in [5.41, 5.74) is 0. The van der Waals surface area contributed by atoms with E-state index >= 15 is 0 Å². The van der Waals surface area contributed by atoms with Crippen molar-refractivity contribution in [2.75, 3.05) is 0 Å². The van der Waals surface area contributed by atoms with Crippen LogP contribution in [0.15, 0.2) is 24.3 Å². The quantitative estimate of drug-likeness (QED) is 0.492. The minimum absolute atomic E-state index is 0.505. The Morgan fingerprint density at radius 2 is 2.25 bits per heavy atom. The highest BCUT2D eigenvalue weighted by Crippen LogP contribution is 2.20. The molecule has 0 radical (unpaired) electrons. The van der Waals surface area contributed by atoms with E-state index in [0.717, 1.165) is 0 Å². The predicted molar refractivity (Wildman–Crippen MR) is 33.7 cm³/mol. The van der Waals surface area contributed by atoms with Crippen LogP contribution in [0.25, 0.3) is 0 Å². The molecule has 0 heterocycles. The van der Waals surface area contributed by atoms with Gasteiger partial charge in [-0.15, -0.1) is 0 Å². The summed E-state index contributed by atoms with van der Waals surface area (Å²) in [4.78, 5) is 0. The SMILES string of the molecule is O[C@]1(Cl)C=CC=CC1. The Morgan fingerprint density at radius 1 is 1.50 bits per heavy atom. The van der Waals surface area contributed by atoms with Gasteiger partial charge in [-0.1, -0.05) is 29.8 Å². The second kappa shape index (κ2) is 1.92. The highest BCUT2D eigenvalue weighted by atomic mass is 35.5. The normalized spacial score (nSPS) is 35.8. The van der Waals surface area contributed by atoms with Gasteiger partial charge in [0.25, 0.3) is 0 Å². The molecule has 1 atom stereocenters. The fourth-order valence-electron chi connectivity index (χ4n) is 0.583. The number of hydrogen-bond acceptors (Lipinski definition) is 1. The molecular formula is C6H7ClO. The molecule has 0 unspecified atom stereocenters. The van der Waals surface area contributed by atoms with Crippen molar-refractivity contribution in [2.24, 2.45) is 0 Å². The summed E-state index contributed by atoms with van der Waals surface area (Å²) in [6, 6.07) is 0. The van der Waals surface area contributed by atoms with Crippen molar-refractivity contribution < 1.29 is 5.11 Å². The molecule has 2 heteroatoms. The van der Waals surface area contributed by atoms with Crippen molar-refractivity contribution in [2.45, 2.75) is 11.5 Å². The average molecular weight is 131 g/mol. The first-order chi connectivity index (χ1) is 3.71. The molecule has 0 saturated carbocycles. The Bertz CT molecular complexity index is 135. The number of aliphatic hydroxyl groups is 1. The molecular weight excluding hydrogens is 124 g/mol. The van der Waals surface area contributed by atoms with Crippen LogP contribution >= 0.6 is 11.6 Å². The van der Waals surface area contributed by atoms with Crippen LogP contribution in [0.4, 0.5) is 0 Å². The van der Waals surface area contributed by atoms with Gasteiger partial charge in [0.1, 0.15) is 0 Å². The van der Waals surface area contributed by atoms with Crippen LogP contribution in [0.1, 0.15) is 6.42 Å². The summed E-state index contributed by atoms with van der Waals surface area (Å²) >= 11 is 5.49. The van der Waals surface area contributed by atoms with Crippen molar-refractivity contribution in [1.29, 1.82) is 0 Å². The summed E-state index contributed by atoms with van der Waals surface area (Å²) in [7, 11) is 0. The third-order valence-corrected chi connectivity index (χ3v) is 1.28. The molecule has 0 spiro atoms. The van der Waals surface area contributed by atoms with E-state index in [1.165, 1.54) is 0 Å². The van der Waals surface area contributed by atoms with Gasteiger partial charge >= 0.3 is 0 Å². The maximum absolute atomic E-state index is 9.00. The van der Waals surface area contributed by atoms with Gasteiger partial charge in [0.05, 0.1) is 0 Å². The third kappa shape index (κ3) is 1.35. The van der Waals surface area contributed by atoms with Gasteiger partial charge in [0, 0.05) is 6.42 Å². The largest absolute Gasteiger partial charge is 0.371 e. The van der Waals surface area contributed by atoms with Crippen molar-refractivity contribution in [3.05, 3.63) is 24.3 Å². The van der Waals surface area contributed by atoms with Gasteiger partial charge in [-0.05, 0) is 6.08 Å². The fourth-order valence-corrected chi connectivity index (χ4v) is 0.745. The average Bonchev–Trinajstić information content (AvgIpc) is 1.65. The van der Waals surface area contributed by atoms with E-state index in [1.807, 2.05) is 12.2 Å². The monoisotopic (exact) mass is 130 g/mol. The molecule has 0 aromatic carbocycles. The first-order valence-electron chi connectivity index (χ1n) is 2.46. The van der Waals surface area contributed by atoms with Gasteiger partial charge in [-0.25, -0.2) is 0 Å². The highest BCUT2D eigenvalue weighted by molar-refractivity contribution is 6.24. The van der Waals surface area contributed by atoms with Gasteiger partial charge in [-0.3, -0.25) is 0 Å². The minimum Gasteiger partial charge on any atom is -0.371 e.